The highest BCUT2D eigenvalue weighted by molar-refractivity contribution is 6.30. The normalized spacial score (nSPS) is 27.6. The molecule has 1 heterocycles. The monoisotopic (exact) mass is 413 g/mol. The maximum absolute atomic E-state index is 14.1. The molecule has 1 aromatic heterocycles. The van der Waals surface area contributed by atoms with Gasteiger partial charge in [0.1, 0.15) is 11.5 Å². The van der Waals surface area contributed by atoms with E-state index in [4.69, 9.17) is 16.3 Å². The van der Waals surface area contributed by atoms with Crippen molar-refractivity contribution in [3.63, 3.8) is 0 Å². The third-order valence-electron chi connectivity index (χ3n) is 6.76. The average Bonchev–Trinajstić information content (AvgIpc) is 3.38. The van der Waals surface area contributed by atoms with Crippen molar-refractivity contribution in [2.24, 2.45) is 23.7 Å². The largest absolute Gasteiger partial charge is 0.511 e. The number of benzene rings is 1. The number of fused-ring (bicyclic) bond motifs is 5. The molecule has 6 heteroatoms. The van der Waals surface area contributed by atoms with Gasteiger partial charge >= 0.3 is 0 Å². The Morgan fingerprint density at radius 1 is 1.24 bits per heavy atom. The van der Waals surface area contributed by atoms with Crippen LogP contribution in [0.2, 0.25) is 5.02 Å². The second kappa shape index (κ2) is 6.84. The topological polar surface area (TPSA) is 59.4 Å². The number of aliphatic hydroxyl groups excluding tert-OH is 1. The molecule has 2 saturated carbocycles. The van der Waals surface area contributed by atoms with E-state index >= 15 is 0 Å². The fourth-order valence-corrected chi connectivity index (χ4v) is 5.69. The van der Waals surface area contributed by atoms with Crippen LogP contribution in [0.1, 0.15) is 37.3 Å². The number of aryl methyl sites for hydroxylation is 1. The molecule has 0 radical (unpaired) electrons. The molecule has 1 aromatic carbocycles. The Kier molecular flexibility index (Phi) is 4.39. The van der Waals surface area contributed by atoms with E-state index in [1.807, 2.05) is 13.0 Å². The number of aliphatic hydroxyl groups is 1. The third kappa shape index (κ3) is 2.86. The zero-order valence-electron chi connectivity index (χ0n) is 16.0. The van der Waals surface area contributed by atoms with Gasteiger partial charge in [-0.2, -0.15) is 0 Å². The number of carbonyl (C=O) groups is 1. The van der Waals surface area contributed by atoms with Crippen molar-refractivity contribution in [1.82, 2.24) is 4.98 Å². The van der Waals surface area contributed by atoms with Gasteiger partial charge in [0.05, 0.1) is 10.6 Å². The Morgan fingerprint density at radius 3 is 2.69 bits per heavy atom. The number of pyridine rings is 1. The Labute approximate surface area is 173 Å². The molecule has 4 atom stereocenters. The first kappa shape index (κ1) is 18.6. The maximum Gasteiger partial charge on any atom is 0.255 e. The predicted molar refractivity (Wildman–Crippen MR) is 107 cm³/mol. The van der Waals surface area contributed by atoms with Gasteiger partial charge in [0.25, 0.3) is 5.88 Å². The number of halogens is 2. The minimum atomic E-state index is -0.663. The number of ketones is 1. The van der Waals surface area contributed by atoms with Crippen LogP contribution in [0.3, 0.4) is 0 Å². The molecule has 0 unspecified atom stereocenters. The van der Waals surface area contributed by atoms with E-state index in [0.717, 1.165) is 30.9 Å². The van der Waals surface area contributed by atoms with Crippen LogP contribution in [-0.4, -0.2) is 15.9 Å². The van der Waals surface area contributed by atoms with Crippen LogP contribution in [0.15, 0.2) is 36.2 Å². The van der Waals surface area contributed by atoms with Crippen LogP contribution in [0, 0.1) is 29.5 Å². The van der Waals surface area contributed by atoms with E-state index in [0.29, 0.717) is 35.1 Å². The first-order chi connectivity index (χ1) is 14.0. The Bertz CT molecular complexity index is 1050. The third-order valence-corrected chi connectivity index (χ3v) is 6.96. The molecular formula is C23H21ClFNO3. The van der Waals surface area contributed by atoms with Crippen LogP contribution < -0.4 is 4.74 Å². The predicted octanol–water partition coefficient (Wildman–Crippen LogP) is 5.74. The van der Waals surface area contributed by atoms with E-state index in [2.05, 4.69) is 4.98 Å². The highest BCUT2D eigenvalue weighted by atomic mass is 35.5. The molecule has 0 spiro atoms. The van der Waals surface area contributed by atoms with Crippen molar-refractivity contribution in [3.8, 4) is 11.6 Å². The second-order valence-corrected chi connectivity index (χ2v) is 8.66. The number of carbonyl (C=O) groups excluding carboxylic acids is 1. The Balaban J connectivity index is 1.54. The standard InChI is InChI=1S/C23H21ClFNO3/c1-2-11-5-6-15(29-23-17(25)8-14(24)10-26-23)9-16(11)20-21(27)18-12-3-4-13(7-12)19(18)22(20)28/h5-6,8-10,12-13,18-19,27H,2-4,7H2,1H3/t12-,13+,18-,19+/m1/s1. The number of hydrogen-bond acceptors (Lipinski definition) is 4. The summed E-state index contributed by atoms with van der Waals surface area (Å²) in [6.07, 6.45) is 5.22. The van der Waals surface area contributed by atoms with Crippen molar-refractivity contribution in [2.75, 3.05) is 0 Å². The SMILES string of the molecule is CCc1ccc(Oc2ncc(Cl)cc2F)cc1C1=C(O)[C@@H]2[C@@H]3CC[C@@H](C3)[C@@H]2C1=O. The summed E-state index contributed by atoms with van der Waals surface area (Å²) in [5.41, 5.74) is 2.04. The van der Waals surface area contributed by atoms with E-state index in [9.17, 15) is 14.3 Å². The summed E-state index contributed by atoms with van der Waals surface area (Å²) < 4.78 is 19.7. The highest BCUT2D eigenvalue weighted by Gasteiger charge is 2.57. The number of nitrogens with zero attached hydrogens (tertiary/aromatic N) is 1. The summed E-state index contributed by atoms with van der Waals surface area (Å²) in [6, 6.07) is 6.42. The first-order valence-electron chi connectivity index (χ1n) is 10.1. The fraction of sp³-hybridized carbons (Fsp3) is 0.391. The van der Waals surface area contributed by atoms with Crippen molar-refractivity contribution in [3.05, 3.63) is 58.2 Å². The molecule has 4 nitrogen and oxygen atoms in total. The molecule has 3 aliphatic carbocycles. The molecule has 2 bridgehead atoms. The minimum absolute atomic E-state index is 0.0408. The zero-order valence-corrected chi connectivity index (χ0v) is 16.7. The lowest BCUT2D eigenvalue weighted by Gasteiger charge is -2.23. The van der Waals surface area contributed by atoms with Crippen molar-refractivity contribution in [1.29, 1.82) is 0 Å². The van der Waals surface area contributed by atoms with Crippen molar-refractivity contribution < 1.29 is 19.0 Å². The van der Waals surface area contributed by atoms with Crippen LogP contribution in [0.5, 0.6) is 11.6 Å². The molecule has 3 aliphatic rings. The van der Waals surface area contributed by atoms with Crippen LogP contribution in [0.4, 0.5) is 4.39 Å². The van der Waals surface area contributed by atoms with Gasteiger partial charge in [-0.15, -0.1) is 0 Å². The van der Waals surface area contributed by atoms with Crippen molar-refractivity contribution in [2.45, 2.75) is 32.6 Å². The van der Waals surface area contributed by atoms with Gasteiger partial charge in [-0.25, -0.2) is 9.37 Å². The van der Waals surface area contributed by atoms with E-state index in [1.165, 1.54) is 6.20 Å². The Morgan fingerprint density at radius 2 is 2.00 bits per heavy atom. The molecule has 2 aromatic rings. The smallest absolute Gasteiger partial charge is 0.255 e. The second-order valence-electron chi connectivity index (χ2n) is 8.22. The lowest BCUT2D eigenvalue weighted by molar-refractivity contribution is -0.118. The molecule has 0 saturated heterocycles. The molecule has 2 fully saturated rings. The van der Waals surface area contributed by atoms with Crippen molar-refractivity contribution >= 4 is 23.0 Å². The average molecular weight is 414 g/mol. The molecular weight excluding hydrogens is 393 g/mol. The van der Waals surface area contributed by atoms with Gasteiger partial charge in [-0.3, -0.25) is 4.79 Å². The van der Waals surface area contributed by atoms with Gasteiger partial charge in [-0.1, -0.05) is 24.6 Å². The summed E-state index contributed by atoms with van der Waals surface area (Å²) in [5.74, 6) is 0.446. The van der Waals surface area contributed by atoms with Crippen LogP contribution in [-0.2, 0) is 11.2 Å². The number of allylic oxidation sites excluding steroid dienone is 2. The number of aromatic nitrogens is 1. The van der Waals surface area contributed by atoms with Crippen LogP contribution in [0.25, 0.3) is 5.57 Å². The summed E-state index contributed by atoms with van der Waals surface area (Å²) >= 11 is 5.75. The van der Waals surface area contributed by atoms with Crippen LogP contribution >= 0.6 is 11.6 Å². The zero-order chi connectivity index (χ0) is 20.3. The summed E-state index contributed by atoms with van der Waals surface area (Å²) in [5, 5.41) is 11.2. The lowest BCUT2D eigenvalue weighted by atomic mass is 9.80. The molecule has 0 aliphatic heterocycles. The fourth-order valence-electron chi connectivity index (χ4n) is 5.54. The van der Waals surface area contributed by atoms with Gasteiger partial charge in [0.2, 0.25) is 0 Å². The summed E-state index contributed by atoms with van der Waals surface area (Å²) in [4.78, 5) is 17.2. The van der Waals surface area contributed by atoms with Gasteiger partial charge in [-0.05, 0) is 66.8 Å². The highest BCUT2D eigenvalue weighted by Crippen LogP contribution is 2.60. The lowest BCUT2D eigenvalue weighted by Crippen LogP contribution is -2.24. The molecule has 150 valence electrons. The first-order valence-corrected chi connectivity index (χ1v) is 10.4. The van der Waals surface area contributed by atoms with E-state index in [-0.39, 0.29) is 34.3 Å². The molecule has 29 heavy (non-hydrogen) atoms. The van der Waals surface area contributed by atoms with Gasteiger partial charge in [0, 0.05) is 18.0 Å². The number of Topliss-reactive ketones (excluding diaryl/α,β-unsaturated/α-hetero) is 1. The molecule has 0 amide bonds. The summed E-state index contributed by atoms with van der Waals surface area (Å²) in [7, 11) is 0. The summed E-state index contributed by atoms with van der Waals surface area (Å²) in [6.45, 7) is 2.00. The number of ether oxygens (including phenoxy) is 1. The quantitative estimate of drug-likeness (QED) is 0.694. The maximum atomic E-state index is 14.1. The minimum Gasteiger partial charge on any atom is -0.511 e. The number of rotatable bonds is 4. The van der Waals surface area contributed by atoms with Gasteiger partial charge in [0.15, 0.2) is 11.6 Å². The Hall–Kier alpha value is -2.40. The van der Waals surface area contributed by atoms with E-state index in [1.54, 1.807) is 12.1 Å². The molecule has 5 rings (SSSR count). The molecule has 1 N–H and O–H groups in total. The number of hydrogen-bond donors (Lipinski definition) is 1. The van der Waals surface area contributed by atoms with E-state index < -0.39 is 5.82 Å². The van der Waals surface area contributed by atoms with Gasteiger partial charge < -0.3 is 9.84 Å².